The number of anilines is 1. The van der Waals surface area contributed by atoms with Gasteiger partial charge < -0.3 is 14.7 Å². The average Bonchev–Trinajstić information content (AvgIpc) is 2.68. The summed E-state index contributed by atoms with van der Waals surface area (Å²) in [6.45, 7) is 5.76. The van der Waals surface area contributed by atoms with Gasteiger partial charge >= 0.3 is 0 Å². The highest BCUT2D eigenvalue weighted by Gasteiger charge is 2.20. The van der Waals surface area contributed by atoms with E-state index in [2.05, 4.69) is 14.8 Å². The maximum Gasteiger partial charge on any atom is 0.163 e. The molecule has 138 valence electrons. The maximum atomic E-state index is 11.6. The second-order valence-corrected chi connectivity index (χ2v) is 6.49. The van der Waals surface area contributed by atoms with Gasteiger partial charge in [-0.25, -0.2) is 4.98 Å². The third-order valence-electron chi connectivity index (χ3n) is 4.51. The van der Waals surface area contributed by atoms with Gasteiger partial charge in [0.05, 0.1) is 5.56 Å². The van der Waals surface area contributed by atoms with Crippen LogP contribution >= 0.6 is 0 Å². The summed E-state index contributed by atoms with van der Waals surface area (Å²) in [6, 6.07) is 13.1. The molecule has 0 spiro atoms. The Morgan fingerprint density at radius 1 is 1.15 bits per heavy atom. The van der Waals surface area contributed by atoms with Crippen LogP contribution in [0.1, 0.15) is 17.3 Å². The number of nitrogens with zero attached hydrogens (tertiary/aromatic N) is 3. The van der Waals surface area contributed by atoms with Gasteiger partial charge in [-0.15, -0.1) is 0 Å². The van der Waals surface area contributed by atoms with E-state index in [4.69, 9.17) is 4.74 Å². The van der Waals surface area contributed by atoms with Crippen LogP contribution in [0.4, 0.5) is 5.82 Å². The van der Waals surface area contributed by atoms with Crippen molar-refractivity contribution >= 4 is 11.6 Å². The van der Waals surface area contributed by atoms with Gasteiger partial charge in [-0.2, -0.15) is 0 Å². The van der Waals surface area contributed by atoms with Gasteiger partial charge in [-0.3, -0.25) is 9.69 Å². The molecule has 1 aromatic carbocycles. The topological polar surface area (TPSA) is 65.9 Å². The number of hydrogen-bond donors (Lipinski definition) is 1. The summed E-state index contributed by atoms with van der Waals surface area (Å²) in [7, 11) is 0. The Bertz CT molecular complexity index is 715. The van der Waals surface area contributed by atoms with Crippen LogP contribution in [0.25, 0.3) is 0 Å². The number of aliphatic hydroxyl groups excluding tert-OH is 1. The first-order valence-electron chi connectivity index (χ1n) is 8.92. The molecule has 2 aromatic rings. The van der Waals surface area contributed by atoms with Crippen LogP contribution in [0.3, 0.4) is 0 Å². The van der Waals surface area contributed by atoms with E-state index in [-0.39, 0.29) is 12.4 Å². The zero-order chi connectivity index (χ0) is 18.4. The summed E-state index contributed by atoms with van der Waals surface area (Å²) >= 11 is 0. The molecule has 2 heterocycles. The Balaban J connectivity index is 1.45. The van der Waals surface area contributed by atoms with Crippen molar-refractivity contribution in [3.63, 3.8) is 0 Å². The number of carbonyl (C=O) groups is 1. The minimum atomic E-state index is -0.601. The third kappa shape index (κ3) is 4.80. The third-order valence-corrected chi connectivity index (χ3v) is 4.51. The monoisotopic (exact) mass is 355 g/mol. The summed E-state index contributed by atoms with van der Waals surface area (Å²) in [6.07, 6.45) is 1.21. The van der Waals surface area contributed by atoms with E-state index < -0.39 is 6.10 Å². The molecule has 1 saturated heterocycles. The van der Waals surface area contributed by atoms with Crippen molar-refractivity contribution in [3.8, 4) is 5.75 Å². The number of Topliss-reactive ketones (excluding diaryl/α,β-unsaturated/α-hetero) is 1. The number of rotatable bonds is 7. The first kappa shape index (κ1) is 18.4. The lowest BCUT2D eigenvalue weighted by Crippen LogP contribution is -2.49. The predicted molar refractivity (Wildman–Crippen MR) is 101 cm³/mol. The second kappa shape index (κ2) is 8.78. The molecule has 0 radical (unpaired) electrons. The van der Waals surface area contributed by atoms with Gasteiger partial charge in [0, 0.05) is 38.9 Å². The van der Waals surface area contributed by atoms with Gasteiger partial charge in [0.15, 0.2) is 5.78 Å². The fraction of sp³-hybridized carbons (Fsp3) is 0.400. The van der Waals surface area contributed by atoms with Crippen molar-refractivity contribution in [1.82, 2.24) is 9.88 Å². The zero-order valence-corrected chi connectivity index (χ0v) is 15.0. The minimum absolute atomic E-state index is 0.0410. The Labute approximate surface area is 154 Å². The Kier molecular flexibility index (Phi) is 6.20. The van der Waals surface area contributed by atoms with Crippen LogP contribution < -0.4 is 9.64 Å². The van der Waals surface area contributed by atoms with E-state index in [0.717, 1.165) is 32.0 Å². The van der Waals surface area contributed by atoms with Crippen LogP contribution in [0.15, 0.2) is 48.7 Å². The van der Waals surface area contributed by atoms with Crippen molar-refractivity contribution in [2.24, 2.45) is 0 Å². The minimum Gasteiger partial charge on any atom is -0.490 e. The van der Waals surface area contributed by atoms with Crippen LogP contribution in [0.2, 0.25) is 0 Å². The zero-order valence-electron chi connectivity index (χ0n) is 15.0. The molecule has 6 nitrogen and oxygen atoms in total. The van der Waals surface area contributed by atoms with Crippen molar-refractivity contribution in [2.45, 2.75) is 13.0 Å². The molecular formula is C20H25N3O3. The van der Waals surface area contributed by atoms with Crippen molar-refractivity contribution < 1.29 is 14.6 Å². The molecule has 1 N–H and O–H groups in total. The van der Waals surface area contributed by atoms with Gasteiger partial charge in [0.2, 0.25) is 0 Å². The van der Waals surface area contributed by atoms with Crippen LogP contribution in [-0.4, -0.2) is 66.2 Å². The number of aromatic nitrogens is 1. The number of ether oxygens (including phenoxy) is 1. The van der Waals surface area contributed by atoms with E-state index >= 15 is 0 Å². The van der Waals surface area contributed by atoms with E-state index in [9.17, 15) is 9.90 Å². The van der Waals surface area contributed by atoms with Crippen molar-refractivity contribution in [3.05, 3.63) is 54.2 Å². The summed E-state index contributed by atoms with van der Waals surface area (Å²) in [5.74, 6) is 1.48. The van der Waals surface area contributed by atoms with Crippen LogP contribution in [0, 0.1) is 0 Å². The van der Waals surface area contributed by atoms with Crippen molar-refractivity contribution in [2.75, 3.05) is 44.2 Å². The van der Waals surface area contributed by atoms with E-state index in [1.165, 1.54) is 6.92 Å². The van der Waals surface area contributed by atoms with Gasteiger partial charge in [-0.05, 0) is 31.2 Å². The summed E-state index contributed by atoms with van der Waals surface area (Å²) in [4.78, 5) is 20.5. The lowest BCUT2D eigenvalue weighted by molar-refractivity contribution is 0.0656. The van der Waals surface area contributed by atoms with E-state index in [1.807, 2.05) is 30.5 Å². The highest BCUT2D eigenvalue weighted by atomic mass is 16.5. The highest BCUT2D eigenvalue weighted by molar-refractivity contribution is 5.96. The van der Waals surface area contributed by atoms with Crippen LogP contribution in [-0.2, 0) is 0 Å². The van der Waals surface area contributed by atoms with Gasteiger partial charge in [0.1, 0.15) is 24.3 Å². The molecule has 1 aliphatic rings. The lowest BCUT2D eigenvalue weighted by atomic mass is 10.1. The fourth-order valence-corrected chi connectivity index (χ4v) is 3.12. The number of hydrogen-bond acceptors (Lipinski definition) is 6. The normalized spacial score (nSPS) is 16.3. The maximum absolute atomic E-state index is 11.6. The average molecular weight is 355 g/mol. The number of benzene rings is 1. The Morgan fingerprint density at radius 3 is 2.58 bits per heavy atom. The highest BCUT2D eigenvalue weighted by Crippen LogP contribution is 2.19. The molecule has 0 saturated carbocycles. The molecule has 0 amide bonds. The second-order valence-electron chi connectivity index (χ2n) is 6.49. The van der Waals surface area contributed by atoms with Gasteiger partial charge in [-0.1, -0.05) is 18.2 Å². The molecule has 1 atom stereocenters. The molecule has 0 aliphatic carbocycles. The smallest absolute Gasteiger partial charge is 0.163 e. The predicted octanol–water partition coefficient (Wildman–Crippen LogP) is 1.85. The fourth-order valence-electron chi connectivity index (χ4n) is 3.12. The first-order chi connectivity index (χ1) is 12.6. The number of pyridine rings is 1. The molecule has 0 unspecified atom stereocenters. The quantitative estimate of drug-likeness (QED) is 0.765. The van der Waals surface area contributed by atoms with Crippen molar-refractivity contribution in [1.29, 1.82) is 0 Å². The number of para-hydroxylation sites is 1. The molecule has 1 aromatic heterocycles. The lowest BCUT2D eigenvalue weighted by Gasteiger charge is -2.36. The van der Waals surface area contributed by atoms with E-state index in [0.29, 0.717) is 17.9 Å². The molecule has 0 bridgehead atoms. The number of aliphatic hydroxyl groups is 1. The molecule has 1 fully saturated rings. The standard InChI is InChI=1S/C20H25N3O3/c1-16(24)18-6-2-3-7-19(18)26-15-17(25)14-22-10-12-23(13-11-22)20-8-4-5-9-21-20/h2-9,17,25H,10-15H2,1H3/t17-/m0/s1. The largest absolute Gasteiger partial charge is 0.490 e. The first-order valence-corrected chi connectivity index (χ1v) is 8.92. The molecule has 3 rings (SSSR count). The van der Waals surface area contributed by atoms with Crippen LogP contribution in [0.5, 0.6) is 5.75 Å². The molecule has 26 heavy (non-hydrogen) atoms. The van der Waals surface area contributed by atoms with Gasteiger partial charge in [0.25, 0.3) is 0 Å². The Morgan fingerprint density at radius 2 is 1.88 bits per heavy atom. The molecular weight excluding hydrogens is 330 g/mol. The summed E-state index contributed by atoms with van der Waals surface area (Å²) < 4.78 is 5.67. The summed E-state index contributed by atoms with van der Waals surface area (Å²) in [5, 5.41) is 10.3. The number of β-amino-alcohol motifs (C(OH)–C–C–N with tert-alkyl or cyclic N) is 1. The Hall–Kier alpha value is -2.44. The SMILES string of the molecule is CC(=O)c1ccccc1OC[C@@H](O)CN1CCN(c2ccccn2)CC1. The number of carbonyl (C=O) groups excluding carboxylic acids is 1. The number of ketones is 1. The molecule has 6 heteroatoms. The number of piperazine rings is 1. The molecule has 1 aliphatic heterocycles. The summed E-state index contributed by atoms with van der Waals surface area (Å²) in [5.41, 5.74) is 0.545. The van der Waals surface area contributed by atoms with E-state index in [1.54, 1.807) is 18.2 Å².